The number of rotatable bonds is 7. The molecule has 2 atom stereocenters. The van der Waals surface area contributed by atoms with E-state index in [0.29, 0.717) is 12.6 Å². The van der Waals surface area contributed by atoms with Crippen molar-refractivity contribution in [3.63, 3.8) is 0 Å². The Kier molecular flexibility index (Phi) is 7.33. The summed E-state index contributed by atoms with van der Waals surface area (Å²) in [6.45, 7) is 7.07. The van der Waals surface area contributed by atoms with E-state index < -0.39 is 0 Å². The molecular weight excluding hydrogens is 402 g/mol. The molecule has 2 aliphatic heterocycles. The van der Waals surface area contributed by atoms with Crippen molar-refractivity contribution >= 4 is 5.91 Å². The first-order valence-electron chi connectivity index (χ1n) is 11.6. The zero-order chi connectivity index (χ0) is 22.5. The summed E-state index contributed by atoms with van der Waals surface area (Å²) in [4.78, 5) is 20.0. The quantitative estimate of drug-likeness (QED) is 0.660. The molecule has 0 N–H and O–H groups in total. The van der Waals surface area contributed by atoms with Gasteiger partial charge < -0.3 is 14.4 Å². The Morgan fingerprint density at radius 1 is 1.00 bits per heavy atom. The lowest BCUT2D eigenvalue weighted by Crippen LogP contribution is -2.51. The zero-order valence-corrected chi connectivity index (χ0v) is 19.5. The normalized spacial score (nSPS) is 20.8. The van der Waals surface area contributed by atoms with E-state index in [1.165, 1.54) is 5.56 Å². The van der Waals surface area contributed by atoms with Gasteiger partial charge in [0.1, 0.15) is 11.5 Å². The van der Waals surface area contributed by atoms with Crippen LogP contribution in [0.4, 0.5) is 0 Å². The minimum atomic E-state index is 0.208. The molecule has 0 aliphatic carbocycles. The highest BCUT2D eigenvalue weighted by Gasteiger charge is 2.32. The standard InChI is InChI=1S/C26H35N3O3/c1-20(21-8-5-4-6-9-21)27-14-16-28(17-15-27)26(30)19-29-13-7-10-24(29)23-12-11-22(31-2)18-25(23)32-3/h4-6,8-9,11-12,18,20,24H,7,10,13-17,19H2,1-3H3/t20-,24+/m0/s1. The maximum atomic E-state index is 13.1. The Balaban J connectivity index is 1.35. The summed E-state index contributed by atoms with van der Waals surface area (Å²) in [7, 11) is 3.36. The van der Waals surface area contributed by atoms with Gasteiger partial charge in [0.25, 0.3) is 0 Å². The van der Waals surface area contributed by atoms with Gasteiger partial charge in [-0.2, -0.15) is 0 Å². The van der Waals surface area contributed by atoms with Gasteiger partial charge in [-0.05, 0) is 37.9 Å². The smallest absolute Gasteiger partial charge is 0.236 e. The third kappa shape index (κ3) is 4.92. The number of carbonyl (C=O) groups excluding carboxylic acids is 1. The number of methoxy groups -OCH3 is 2. The number of likely N-dealkylation sites (tertiary alicyclic amines) is 1. The van der Waals surface area contributed by atoms with Crippen molar-refractivity contribution in [3.8, 4) is 11.5 Å². The highest BCUT2D eigenvalue weighted by Crippen LogP contribution is 2.38. The van der Waals surface area contributed by atoms with Crippen LogP contribution in [0.2, 0.25) is 0 Å². The molecule has 1 amide bonds. The molecule has 0 spiro atoms. The van der Waals surface area contributed by atoms with Crippen molar-refractivity contribution in [1.82, 2.24) is 14.7 Å². The molecule has 2 aromatic rings. The molecule has 0 aromatic heterocycles. The van der Waals surface area contributed by atoms with Crippen LogP contribution in [0.25, 0.3) is 0 Å². The average Bonchev–Trinajstić information content (AvgIpc) is 3.31. The SMILES string of the molecule is COc1ccc([C@H]2CCCN2CC(=O)N2CCN([C@@H](C)c3ccccc3)CC2)c(OC)c1. The lowest BCUT2D eigenvalue weighted by Gasteiger charge is -2.39. The van der Waals surface area contributed by atoms with Crippen LogP contribution in [0.5, 0.6) is 11.5 Å². The molecule has 2 aromatic carbocycles. The van der Waals surface area contributed by atoms with Crippen LogP contribution < -0.4 is 9.47 Å². The summed E-state index contributed by atoms with van der Waals surface area (Å²) in [6.07, 6.45) is 2.13. The van der Waals surface area contributed by atoms with Gasteiger partial charge in [0.05, 0.1) is 20.8 Å². The molecule has 2 saturated heterocycles. The predicted octanol–water partition coefficient (Wildman–Crippen LogP) is 3.75. The number of nitrogens with zero attached hydrogens (tertiary/aromatic N) is 3. The van der Waals surface area contributed by atoms with Crippen LogP contribution in [-0.4, -0.2) is 74.1 Å². The van der Waals surface area contributed by atoms with Gasteiger partial charge in [-0.25, -0.2) is 0 Å². The molecule has 0 radical (unpaired) electrons. The van der Waals surface area contributed by atoms with E-state index >= 15 is 0 Å². The second-order valence-corrected chi connectivity index (χ2v) is 8.74. The fraction of sp³-hybridized carbons (Fsp3) is 0.500. The summed E-state index contributed by atoms with van der Waals surface area (Å²) >= 11 is 0. The van der Waals surface area contributed by atoms with Crippen molar-refractivity contribution in [2.45, 2.75) is 31.8 Å². The lowest BCUT2D eigenvalue weighted by atomic mass is 10.0. The molecule has 2 aliphatic rings. The molecule has 6 nitrogen and oxygen atoms in total. The molecule has 4 rings (SSSR count). The van der Waals surface area contributed by atoms with Crippen molar-refractivity contribution in [2.24, 2.45) is 0 Å². The molecule has 0 saturated carbocycles. The van der Waals surface area contributed by atoms with Crippen LogP contribution in [0.15, 0.2) is 48.5 Å². The molecular formula is C26H35N3O3. The van der Waals surface area contributed by atoms with Crippen molar-refractivity contribution in [3.05, 3.63) is 59.7 Å². The van der Waals surface area contributed by atoms with Crippen LogP contribution in [0.3, 0.4) is 0 Å². The van der Waals surface area contributed by atoms with Crippen LogP contribution >= 0.6 is 0 Å². The van der Waals surface area contributed by atoms with Gasteiger partial charge in [-0.15, -0.1) is 0 Å². The first-order chi connectivity index (χ1) is 15.6. The lowest BCUT2D eigenvalue weighted by molar-refractivity contribution is -0.134. The number of hydrogen-bond acceptors (Lipinski definition) is 5. The van der Waals surface area contributed by atoms with E-state index in [2.05, 4.69) is 53.1 Å². The van der Waals surface area contributed by atoms with E-state index in [-0.39, 0.29) is 11.9 Å². The van der Waals surface area contributed by atoms with Crippen molar-refractivity contribution < 1.29 is 14.3 Å². The fourth-order valence-electron chi connectivity index (χ4n) is 5.04. The summed E-state index contributed by atoms with van der Waals surface area (Å²) < 4.78 is 11.0. The first-order valence-corrected chi connectivity index (χ1v) is 11.6. The van der Waals surface area contributed by atoms with Crippen molar-refractivity contribution in [2.75, 3.05) is 53.5 Å². The van der Waals surface area contributed by atoms with E-state index in [1.807, 2.05) is 17.0 Å². The first kappa shape index (κ1) is 22.6. The Hall–Kier alpha value is -2.57. The number of ether oxygens (including phenoxy) is 2. The van der Waals surface area contributed by atoms with E-state index in [1.54, 1.807) is 14.2 Å². The highest BCUT2D eigenvalue weighted by molar-refractivity contribution is 5.78. The van der Waals surface area contributed by atoms with Gasteiger partial charge in [-0.3, -0.25) is 14.6 Å². The van der Waals surface area contributed by atoms with Crippen molar-refractivity contribution in [1.29, 1.82) is 0 Å². The van der Waals surface area contributed by atoms with E-state index in [9.17, 15) is 4.79 Å². The number of hydrogen-bond donors (Lipinski definition) is 0. The second kappa shape index (κ2) is 10.4. The average molecular weight is 438 g/mol. The largest absolute Gasteiger partial charge is 0.497 e. The maximum absolute atomic E-state index is 13.1. The van der Waals surface area contributed by atoms with Gasteiger partial charge >= 0.3 is 0 Å². The predicted molar refractivity (Wildman–Crippen MR) is 126 cm³/mol. The number of benzene rings is 2. The molecule has 172 valence electrons. The second-order valence-electron chi connectivity index (χ2n) is 8.74. The van der Waals surface area contributed by atoms with Crippen LogP contribution in [0, 0.1) is 0 Å². The summed E-state index contributed by atoms with van der Waals surface area (Å²) in [5.41, 5.74) is 2.47. The maximum Gasteiger partial charge on any atom is 0.236 e. The number of carbonyl (C=O) groups is 1. The Morgan fingerprint density at radius 2 is 1.75 bits per heavy atom. The summed E-state index contributed by atoms with van der Waals surface area (Å²) in [5, 5.41) is 0. The topological polar surface area (TPSA) is 45.2 Å². The monoisotopic (exact) mass is 437 g/mol. The Bertz CT molecular complexity index is 896. The molecule has 2 fully saturated rings. The van der Waals surface area contributed by atoms with Gasteiger partial charge in [0.2, 0.25) is 5.91 Å². The van der Waals surface area contributed by atoms with Crippen LogP contribution in [0.1, 0.15) is 43.0 Å². The summed E-state index contributed by atoms with van der Waals surface area (Å²) in [6, 6.07) is 17.2. The minimum Gasteiger partial charge on any atom is -0.497 e. The molecule has 6 heteroatoms. The van der Waals surface area contributed by atoms with E-state index in [4.69, 9.17) is 9.47 Å². The molecule has 32 heavy (non-hydrogen) atoms. The van der Waals surface area contributed by atoms with Crippen LogP contribution in [-0.2, 0) is 4.79 Å². The van der Waals surface area contributed by atoms with Gasteiger partial charge in [0, 0.05) is 49.9 Å². The Morgan fingerprint density at radius 3 is 2.44 bits per heavy atom. The van der Waals surface area contributed by atoms with Gasteiger partial charge in [-0.1, -0.05) is 36.4 Å². The molecule has 0 unspecified atom stereocenters. The third-order valence-corrected chi connectivity index (χ3v) is 7.00. The highest BCUT2D eigenvalue weighted by atomic mass is 16.5. The number of amides is 1. The zero-order valence-electron chi connectivity index (χ0n) is 19.5. The van der Waals surface area contributed by atoms with Gasteiger partial charge in [0.15, 0.2) is 0 Å². The fourth-order valence-corrected chi connectivity index (χ4v) is 5.04. The third-order valence-electron chi connectivity index (χ3n) is 7.00. The number of piperazine rings is 1. The molecule has 0 bridgehead atoms. The van der Waals surface area contributed by atoms with E-state index in [0.717, 1.165) is 62.6 Å². The minimum absolute atomic E-state index is 0.208. The molecule has 2 heterocycles. The Labute approximate surface area is 191 Å². The summed E-state index contributed by atoms with van der Waals surface area (Å²) in [5.74, 6) is 1.85.